The van der Waals surface area contributed by atoms with E-state index in [1.807, 2.05) is 0 Å². The van der Waals surface area contributed by atoms with Gasteiger partial charge in [0.15, 0.2) is 0 Å². The number of aromatic nitrogens is 1. The second kappa shape index (κ2) is 11.7. The highest BCUT2D eigenvalue weighted by Crippen LogP contribution is 2.55. The Morgan fingerprint density at radius 3 is 1.92 bits per heavy atom. The molecule has 0 radical (unpaired) electrons. The third kappa shape index (κ3) is 4.88. The van der Waals surface area contributed by atoms with Crippen LogP contribution in [-0.2, 0) is 21.7 Å². The zero-order chi connectivity index (χ0) is 42.3. The van der Waals surface area contributed by atoms with Crippen molar-refractivity contribution in [1.82, 2.24) is 4.57 Å². The average Bonchev–Trinajstić information content (AvgIpc) is 3.83. The van der Waals surface area contributed by atoms with Crippen LogP contribution in [0, 0.1) is 0 Å². The predicted octanol–water partition coefficient (Wildman–Crippen LogP) is 14.1. The maximum Gasteiger partial charge on any atom is 0.333 e. The first-order chi connectivity index (χ1) is 28.9. The van der Waals surface area contributed by atoms with E-state index in [0.717, 1.165) is 21.9 Å². The number of anilines is 2. The molecule has 0 unspecified atom stereocenters. The molecule has 0 amide bonds. The van der Waals surface area contributed by atoms with E-state index in [9.17, 15) is 0 Å². The van der Waals surface area contributed by atoms with Gasteiger partial charge >= 0.3 is 6.85 Å². The largest absolute Gasteiger partial charge is 0.456 e. The van der Waals surface area contributed by atoms with Gasteiger partial charge < -0.3 is 13.8 Å². The maximum absolute atomic E-state index is 6.87. The van der Waals surface area contributed by atoms with E-state index < -0.39 is 0 Å². The van der Waals surface area contributed by atoms with Crippen LogP contribution in [0.15, 0.2) is 126 Å². The normalized spacial score (nSPS) is 15.2. The Morgan fingerprint density at radius 1 is 0.525 bits per heavy atom. The summed E-state index contributed by atoms with van der Waals surface area (Å²) in [4.78, 5) is 2.64. The molecule has 0 spiro atoms. The van der Waals surface area contributed by atoms with Crippen molar-refractivity contribution in [1.29, 1.82) is 0 Å². The molecule has 1 aliphatic carbocycles. The molecule has 0 saturated heterocycles. The minimum absolute atomic E-state index is 0.0188. The van der Waals surface area contributed by atoms with Crippen LogP contribution in [0.25, 0.3) is 71.7 Å². The Hall–Kier alpha value is -6.00. The Bertz CT molecular complexity index is 3390. The van der Waals surface area contributed by atoms with Gasteiger partial charge in [0, 0.05) is 55.7 Å². The second-order valence-corrected chi connectivity index (χ2v) is 21.8. The van der Waals surface area contributed by atoms with Gasteiger partial charge in [-0.2, -0.15) is 0 Å². The Kier molecular flexibility index (Phi) is 7.05. The van der Waals surface area contributed by atoms with Crippen LogP contribution in [0.4, 0.5) is 11.4 Å². The van der Waals surface area contributed by atoms with Gasteiger partial charge in [0.05, 0.1) is 11.0 Å². The fourth-order valence-electron chi connectivity index (χ4n) is 11.3. The average molecular weight is 793 g/mol. The summed E-state index contributed by atoms with van der Waals surface area (Å²) in [6.45, 7) is 25.4. The number of fused-ring (bicyclic) bond motifs is 15. The Balaban J connectivity index is 1.24. The van der Waals surface area contributed by atoms with Crippen molar-refractivity contribution in [3.8, 4) is 27.9 Å². The molecular formula is C57H53BN2O. The molecule has 3 aliphatic rings. The number of nitrogens with zero attached hydrogens (tertiary/aromatic N) is 2. The smallest absolute Gasteiger partial charge is 0.333 e. The summed E-state index contributed by atoms with van der Waals surface area (Å²) in [7, 11) is 0. The molecule has 0 saturated carbocycles. The molecule has 61 heavy (non-hydrogen) atoms. The zero-order valence-electron chi connectivity index (χ0n) is 37.4. The molecule has 300 valence electrons. The highest BCUT2D eigenvalue weighted by Gasteiger charge is 2.46. The quantitative estimate of drug-likeness (QED) is 0.154. The van der Waals surface area contributed by atoms with E-state index in [-0.39, 0.29) is 28.5 Å². The van der Waals surface area contributed by atoms with Crippen LogP contribution in [-0.4, -0.2) is 11.4 Å². The molecule has 0 N–H and O–H groups in total. The van der Waals surface area contributed by atoms with E-state index in [4.69, 9.17) is 4.42 Å². The van der Waals surface area contributed by atoms with Crippen molar-refractivity contribution >= 4 is 72.9 Å². The molecule has 0 fully saturated rings. The molecular weight excluding hydrogens is 739 g/mol. The SMILES string of the molecule is CC(C)(C)c1ccc(N2B3c4cc(C(C)(C)C)ccc4-n4c5ccc6c(c5c5ccc(c3c54)-c3cc4c(cc32)oc2cc(C(C)(C)C)ccc24)-c2ccccc2C6(C)C)cc1. The van der Waals surface area contributed by atoms with E-state index in [1.165, 1.54) is 99.9 Å². The summed E-state index contributed by atoms with van der Waals surface area (Å²) < 4.78 is 9.50. The van der Waals surface area contributed by atoms with E-state index >= 15 is 0 Å². The lowest BCUT2D eigenvalue weighted by atomic mass is 9.43. The van der Waals surface area contributed by atoms with Crippen LogP contribution < -0.4 is 15.7 Å². The van der Waals surface area contributed by atoms with Gasteiger partial charge in [-0.15, -0.1) is 0 Å². The van der Waals surface area contributed by atoms with Crippen molar-refractivity contribution in [3.63, 3.8) is 0 Å². The van der Waals surface area contributed by atoms with E-state index in [1.54, 1.807) is 0 Å². The van der Waals surface area contributed by atoms with Gasteiger partial charge in [-0.1, -0.05) is 155 Å². The first kappa shape index (κ1) is 36.8. The lowest BCUT2D eigenvalue weighted by Crippen LogP contribution is -2.60. The summed E-state index contributed by atoms with van der Waals surface area (Å²) in [5, 5.41) is 5.00. The van der Waals surface area contributed by atoms with Crippen molar-refractivity contribution in [2.24, 2.45) is 0 Å². The molecule has 4 heteroatoms. The monoisotopic (exact) mass is 792 g/mol. The molecule has 0 atom stereocenters. The fourth-order valence-corrected chi connectivity index (χ4v) is 11.3. The maximum atomic E-state index is 6.87. The van der Waals surface area contributed by atoms with Gasteiger partial charge in [-0.05, 0) is 108 Å². The van der Waals surface area contributed by atoms with Crippen molar-refractivity contribution in [2.45, 2.75) is 97.8 Å². The molecule has 12 rings (SSSR count). The standard InChI is InChI=1S/C57H53BN2O/c1-54(2,3)32-16-20-35(21-17-32)60-47-31-49-41(36-22-18-34(56(7,8)9)29-48(36)61-49)30-40(47)37-23-24-39-51-46(27-25-43-50(51)38-14-12-13-15-42(38)57(43,10)11)59-45-26-19-33(55(4,5)6)28-44(45)58(60)52(37)53(39)59/h12-31H,1-11H3. The number of benzene rings is 7. The summed E-state index contributed by atoms with van der Waals surface area (Å²) in [6, 6.07) is 47.1. The highest BCUT2D eigenvalue weighted by molar-refractivity contribution is 6.93. The van der Waals surface area contributed by atoms with Crippen LogP contribution in [0.5, 0.6) is 0 Å². The minimum Gasteiger partial charge on any atom is -0.456 e. The minimum atomic E-state index is -0.0909. The van der Waals surface area contributed by atoms with Crippen LogP contribution in [0.2, 0.25) is 0 Å². The molecule has 9 aromatic rings. The first-order valence-corrected chi connectivity index (χ1v) is 22.2. The van der Waals surface area contributed by atoms with Gasteiger partial charge in [0.2, 0.25) is 0 Å². The van der Waals surface area contributed by atoms with Crippen LogP contribution >= 0.6 is 0 Å². The summed E-state index contributed by atoms with van der Waals surface area (Å²) in [5.74, 6) is 0. The zero-order valence-corrected chi connectivity index (χ0v) is 37.4. The second-order valence-electron chi connectivity index (χ2n) is 21.8. The molecule has 3 nitrogen and oxygen atoms in total. The Morgan fingerprint density at radius 2 is 1.18 bits per heavy atom. The molecule has 7 aromatic carbocycles. The van der Waals surface area contributed by atoms with Crippen molar-refractivity contribution < 1.29 is 4.42 Å². The fraction of sp³-hybridized carbons (Fsp3) is 0.263. The molecule has 4 heterocycles. The highest BCUT2D eigenvalue weighted by atomic mass is 16.3. The predicted molar refractivity (Wildman–Crippen MR) is 261 cm³/mol. The van der Waals surface area contributed by atoms with Gasteiger partial charge in [0.1, 0.15) is 11.2 Å². The van der Waals surface area contributed by atoms with Crippen molar-refractivity contribution in [3.05, 3.63) is 149 Å². The van der Waals surface area contributed by atoms with E-state index in [0.29, 0.717) is 0 Å². The summed E-state index contributed by atoms with van der Waals surface area (Å²) >= 11 is 0. The van der Waals surface area contributed by atoms with Crippen LogP contribution in [0.1, 0.15) is 104 Å². The number of hydrogen-bond acceptors (Lipinski definition) is 2. The van der Waals surface area contributed by atoms with Gasteiger partial charge in [-0.25, -0.2) is 0 Å². The topological polar surface area (TPSA) is 21.3 Å². The first-order valence-electron chi connectivity index (χ1n) is 22.2. The lowest BCUT2D eigenvalue weighted by Gasteiger charge is -2.42. The number of rotatable bonds is 1. The van der Waals surface area contributed by atoms with Crippen LogP contribution in [0.3, 0.4) is 0 Å². The number of furan rings is 1. The molecule has 2 aromatic heterocycles. The molecule has 0 bridgehead atoms. The Labute approximate surface area is 360 Å². The summed E-state index contributed by atoms with van der Waals surface area (Å²) in [5.41, 5.74) is 22.8. The number of hydrogen-bond donors (Lipinski definition) is 0. The lowest BCUT2D eigenvalue weighted by molar-refractivity contribution is 0.587. The third-order valence-corrected chi connectivity index (χ3v) is 14.7. The summed E-state index contributed by atoms with van der Waals surface area (Å²) in [6.07, 6.45) is 0. The van der Waals surface area contributed by atoms with Gasteiger partial charge in [-0.3, -0.25) is 0 Å². The third-order valence-electron chi connectivity index (χ3n) is 14.7. The molecule has 2 aliphatic heterocycles. The van der Waals surface area contributed by atoms with Gasteiger partial charge in [0.25, 0.3) is 0 Å². The van der Waals surface area contributed by atoms with Crippen molar-refractivity contribution in [2.75, 3.05) is 4.81 Å². The van der Waals surface area contributed by atoms with E-state index in [2.05, 4.69) is 207 Å².